The zero-order chi connectivity index (χ0) is 16.2. The first-order valence-corrected chi connectivity index (χ1v) is 8.59. The molecule has 2 aliphatic rings. The molecule has 23 heavy (non-hydrogen) atoms. The molecule has 1 N–H and O–H groups in total. The standard InChI is InChI=1S/C18H27N3O2/c1-14-5-6-15(2)17(12-14)19-18(22)21-9-7-20(8-10-21)13-16-4-3-11-23-16/h5-6,12,16H,3-4,7-11,13H2,1-2H3,(H,19,22). The summed E-state index contributed by atoms with van der Waals surface area (Å²) in [5, 5.41) is 3.05. The topological polar surface area (TPSA) is 44.8 Å². The van der Waals surface area contributed by atoms with E-state index in [-0.39, 0.29) is 6.03 Å². The van der Waals surface area contributed by atoms with Crippen molar-refractivity contribution in [2.75, 3.05) is 44.6 Å². The van der Waals surface area contributed by atoms with E-state index in [2.05, 4.69) is 16.3 Å². The van der Waals surface area contributed by atoms with Crippen LogP contribution in [0.2, 0.25) is 0 Å². The Labute approximate surface area is 138 Å². The fraction of sp³-hybridized carbons (Fsp3) is 0.611. The summed E-state index contributed by atoms with van der Waals surface area (Å²) in [6, 6.07) is 6.15. The summed E-state index contributed by atoms with van der Waals surface area (Å²) in [6.07, 6.45) is 2.75. The van der Waals surface area contributed by atoms with E-state index in [1.54, 1.807) is 0 Å². The number of hydrogen-bond donors (Lipinski definition) is 1. The first kappa shape index (κ1) is 16.3. The summed E-state index contributed by atoms with van der Waals surface area (Å²) < 4.78 is 5.70. The average Bonchev–Trinajstić information content (AvgIpc) is 3.04. The van der Waals surface area contributed by atoms with E-state index in [1.807, 2.05) is 30.9 Å². The molecule has 0 spiro atoms. The first-order chi connectivity index (χ1) is 11.1. The van der Waals surface area contributed by atoms with Gasteiger partial charge in [-0.3, -0.25) is 4.90 Å². The molecular formula is C18H27N3O2. The fourth-order valence-electron chi connectivity index (χ4n) is 3.27. The van der Waals surface area contributed by atoms with Crippen molar-refractivity contribution in [3.8, 4) is 0 Å². The number of urea groups is 1. The predicted octanol–water partition coefficient (Wildman–Crippen LogP) is 2.63. The Balaban J connectivity index is 1.48. The van der Waals surface area contributed by atoms with Crippen molar-refractivity contribution in [2.24, 2.45) is 0 Å². The van der Waals surface area contributed by atoms with Gasteiger partial charge >= 0.3 is 6.03 Å². The number of hydrogen-bond acceptors (Lipinski definition) is 3. The molecule has 5 heteroatoms. The Bertz CT molecular complexity index is 547. The van der Waals surface area contributed by atoms with E-state index >= 15 is 0 Å². The smallest absolute Gasteiger partial charge is 0.321 e. The lowest BCUT2D eigenvalue weighted by Crippen LogP contribution is -2.51. The van der Waals surface area contributed by atoms with Crippen molar-refractivity contribution in [2.45, 2.75) is 32.8 Å². The van der Waals surface area contributed by atoms with Crippen molar-refractivity contribution in [1.82, 2.24) is 9.80 Å². The van der Waals surface area contributed by atoms with Crippen LogP contribution in [0.25, 0.3) is 0 Å². The highest BCUT2D eigenvalue weighted by Gasteiger charge is 2.25. The fourth-order valence-corrected chi connectivity index (χ4v) is 3.27. The molecule has 0 aromatic heterocycles. The second-order valence-corrected chi connectivity index (χ2v) is 6.67. The maximum Gasteiger partial charge on any atom is 0.321 e. The lowest BCUT2D eigenvalue weighted by atomic mass is 10.1. The van der Waals surface area contributed by atoms with Gasteiger partial charge < -0.3 is 15.0 Å². The minimum absolute atomic E-state index is 0.00969. The molecule has 0 radical (unpaired) electrons. The summed E-state index contributed by atoms with van der Waals surface area (Å²) in [7, 11) is 0. The third-order valence-corrected chi connectivity index (χ3v) is 4.78. The van der Waals surface area contributed by atoms with Gasteiger partial charge in [0.2, 0.25) is 0 Å². The van der Waals surface area contributed by atoms with Crippen LogP contribution in [0, 0.1) is 13.8 Å². The van der Waals surface area contributed by atoms with Crippen LogP contribution in [-0.4, -0.2) is 61.3 Å². The molecule has 2 saturated heterocycles. The number of anilines is 1. The van der Waals surface area contributed by atoms with Crippen molar-refractivity contribution >= 4 is 11.7 Å². The monoisotopic (exact) mass is 317 g/mol. The van der Waals surface area contributed by atoms with E-state index in [4.69, 9.17) is 4.74 Å². The molecule has 2 heterocycles. The van der Waals surface area contributed by atoms with Crippen LogP contribution < -0.4 is 5.32 Å². The van der Waals surface area contributed by atoms with Gasteiger partial charge in [-0.2, -0.15) is 0 Å². The number of benzene rings is 1. The molecule has 2 amide bonds. The molecule has 1 aromatic rings. The summed E-state index contributed by atoms with van der Waals surface area (Å²) in [5.41, 5.74) is 3.17. The van der Waals surface area contributed by atoms with E-state index < -0.39 is 0 Å². The van der Waals surface area contributed by atoms with Crippen molar-refractivity contribution < 1.29 is 9.53 Å². The van der Waals surface area contributed by atoms with Crippen LogP contribution in [-0.2, 0) is 4.74 Å². The summed E-state index contributed by atoms with van der Waals surface area (Å²) in [4.78, 5) is 16.8. The molecule has 3 rings (SSSR count). The second kappa shape index (κ2) is 7.32. The van der Waals surface area contributed by atoms with Crippen LogP contribution in [0.3, 0.4) is 0 Å². The van der Waals surface area contributed by atoms with Gasteiger partial charge in [-0.1, -0.05) is 12.1 Å². The van der Waals surface area contributed by atoms with Crippen LogP contribution in [0.5, 0.6) is 0 Å². The van der Waals surface area contributed by atoms with Crippen LogP contribution in [0.1, 0.15) is 24.0 Å². The molecule has 5 nitrogen and oxygen atoms in total. The number of amides is 2. The normalized spacial score (nSPS) is 22.3. The number of rotatable bonds is 3. The second-order valence-electron chi connectivity index (χ2n) is 6.67. The van der Waals surface area contributed by atoms with E-state index in [0.29, 0.717) is 6.10 Å². The van der Waals surface area contributed by atoms with Gasteiger partial charge in [0.15, 0.2) is 0 Å². The molecule has 1 atom stereocenters. The number of carbonyl (C=O) groups is 1. The Morgan fingerprint density at radius 1 is 1.26 bits per heavy atom. The van der Waals surface area contributed by atoms with Gasteiger partial charge in [-0.15, -0.1) is 0 Å². The molecule has 0 saturated carbocycles. The minimum Gasteiger partial charge on any atom is -0.377 e. The van der Waals surface area contributed by atoms with E-state index in [0.717, 1.165) is 56.1 Å². The largest absolute Gasteiger partial charge is 0.377 e. The highest BCUT2D eigenvalue weighted by molar-refractivity contribution is 5.90. The zero-order valence-corrected chi connectivity index (χ0v) is 14.2. The molecule has 0 aliphatic carbocycles. The average molecular weight is 317 g/mol. The molecular weight excluding hydrogens is 290 g/mol. The number of nitrogens with one attached hydrogen (secondary N) is 1. The molecule has 2 fully saturated rings. The molecule has 126 valence electrons. The number of ether oxygens (including phenoxy) is 1. The van der Waals surface area contributed by atoms with Crippen molar-refractivity contribution in [3.05, 3.63) is 29.3 Å². The molecule has 1 aromatic carbocycles. The van der Waals surface area contributed by atoms with Gasteiger partial charge in [0, 0.05) is 45.0 Å². The quantitative estimate of drug-likeness (QED) is 0.932. The molecule has 1 unspecified atom stereocenters. The van der Waals surface area contributed by atoms with Gasteiger partial charge in [-0.05, 0) is 43.9 Å². The number of carbonyl (C=O) groups excluding carboxylic acids is 1. The number of nitrogens with zero attached hydrogens (tertiary/aromatic N) is 2. The SMILES string of the molecule is Cc1ccc(C)c(NC(=O)N2CCN(CC3CCCO3)CC2)c1. The van der Waals surface area contributed by atoms with Crippen molar-refractivity contribution in [3.63, 3.8) is 0 Å². The summed E-state index contributed by atoms with van der Waals surface area (Å²) in [6.45, 7) is 9.40. The molecule has 0 bridgehead atoms. The van der Waals surface area contributed by atoms with Crippen LogP contribution in [0.4, 0.5) is 10.5 Å². The third kappa shape index (κ3) is 4.24. The molecule has 2 aliphatic heterocycles. The van der Waals surface area contributed by atoms with Gasteiger partial charge in [0.1, 0.15) is 0 Å². The highest BCUT2D eigenvalue weighted by Crippen LogP contribution is 2.18. The lowest BCUT2D eigenvalue weighted by molar-refractivity contribution is 0.0572. The Hall–Kier alpha value is -1.59. The Morgan fingerprint density at radius 3 is 2.74 bits per heavy atom. The van der Waals surface area contributed by atoms with Crippen LogP contribution in [0.15, 0.2) is 18.2 Å². The predicted molar refractivity (Wildman–Crippen MR) is 91.9 cm³/mol. The van der Waals surface area contributed by atoms with Gasteiger partial charge in [0.25, 0.3) is 0 Å². The zero-order valence-electron chi connectivity index (χ0n) is 14.2. The lowest BCUT2D eigenvalue weighted by Gasteiger charge is -2.35. The number of aryl methyl sites for hydroxylation is 2. The summed E-state index contributed by atoms with van der Waals surface area (Å²) >= 11 is 0. The minimum atomic E-state index is 0.00969. The third-order valence-electron chi connectivity index (χ3n) is 4.78. The van der Waals surface area contributed by atoms with Gasteiger partial charge in [-0.25, -0.2) is 4.79 Å². The van der Waals surface area contributed by atoms with E-state index in [9.17, 15) is 4.79 Å². The maximum absolute atomic E-state index is 12.5. The first-order valence-electron chi connectivity index (χ1n) is 8.59. The Morgan fingerprint density at radius 2 is 2.04 bits per heavy atom. The van der Waals surface area contributed by atoms with Crippen molar-refractivity contribution in [1.29, 1.82) is 0 Å². The van der Waals surface area contributed by atoms with Crippen LogP contribution >= 0.6 is 0 Å². The Kier molecular flexibility index (Phi) is 5.18. The van der Waals surface area contributed by atoms with Gasteiger partial charge in [0.05, 0.1) is 6.10 Å². The number of piperazine rings is 1. The van der Waals surface area contributed by atoms with E-state index in [1.165, 1.54) is 12.8 Å². The highest BCUT2D eigenvalue weighted by atomic mass is 16.5. The maximum atomic E-state index is 12.5. The summed E-state index contributed by atoms with van der Waals surface area (Å²) in [5.74, 6) is 0.